The van der Waals surface area contributed by atoms with Crippen molar-refractivity contribution in [2.75, 3.05) is 5.32 Å². The number of aromatic nitrogens is 4. The Hall–Kier alpha value is -3.39. The molecule has 8 heteroatoms. The second-order valence-electron chi connectivity index (χ2n) is 7.21. The Morgan fingerprint density at radius 1 is 1.13 bits per heavy atom. The van der Waals surface area contributed by atoms with Gasteiger partial charge in [-0.2, -0.15) is 0 Å². The van der Waals surface area contributed by atoms with Crippen LogP contribution in [0.4, 0.5) is 10.2 Å². The molecule has 0 aliphatic rings. The lowest BCUT2D eigenvalue weighted by molar-refractivity contribution is 0.628. The number of pyridine rings is 1. The molecule has 0 bridgehead atoms. The lowest BCUT2D eigenvalue weighted by Gasteiger charge is -2.14. The van der Waals surface area contributed by atoms with E-state index in [1.807, 2.05) is 32.9 Å². The van der Waals surface area contributed by atoms with E-state index >= 15 is 0 Å². The van der Waals surface area contributed by atoms with Crippen LogP contribution in [0, 0.1) is 12.7 Å². The molecule has 0 radical (unpaired) electrons. The lowest BCUT2D eigenvalue weighted by atomic mass is 10.2. The van der Waals surface area contributed by atoms with Gasteiger partial charge in [0, 0.05) is 34.0 Å². The zero-order valence-electron chi connectivity index (χ0n) is 17.4. The molecule has 158 valence electrons. The summed E-state index contributed by atoms with van der Waals surface area (Å²) in [6.07, 6.45) is 2.38. The van der Waals surface area contributed by atoms with Crippen LogP contribution in [0.25, 0.3) is 22.0 Å². The molecule has 31 heavy (non-hydrogen) atoms. The molecule has 0 amide bonds. The van der Waals surface area contributed by atoms with E-state index in [0.717, 1.165) is 32.4 Å². The molecule has 3 aromatic heterocycles. The summed E-state index contributed by atoms with van der Waals surface area (Å²) in [5.41, 5.74) is 3.14. The Balaban J connectivity index is 1.51. The number of rotatable bonds is 6. The van der Waals surface area contributed by atoms with Crippen molar-refractivity contribution >= 4 is 17.2 Å². The molecule has 2 N–H and O–H groups in total. The van der Waals surface area contributed by atoms with Crippen LogP contribution in [0.2, 0.25) is 0 Å². The number of thiazole rings is 1. The van der Waals surface area contributed by atoms with Gasteiger partial charge in [-0.25, -0.2) is 19.3 Å². The van der Waals surface area contributed by atoms with Gasteiger partial charge >= 0.3 is 0 Å². The molecule has 1 aromatic carbocycles. The summed E-state index contributed by atoms with van der Waals surface area (Å²) in [7, 11) is 0. The molecule has 6 nitrogen and oxygen atoms in total. The van der Waals surface area contributed by atoms with Crippen LogP contribution in [0.1, 0.15) is 36.2 Å². The molecule has 0 aliphatic carbocycles. The first-order chi connectivity index (χ1) is 14.9. The maximum Gasteiger partial charge on any atom is 0.251 e. The highest BCUT2D eigenvalue weighted by Crippen LogP contribution is 2.33. The lowest BCUT2D eigenvalue weighted by Crippen LogP contribution is -2.10. The molecule has 0 saturated heterocycles. The molecule has 4 aromatic rings. The Bertz CT molecular complexity index is 1250. The number of benzene rings is 1. The zero-order valence-corrected chi connectivity index (χ0v) is 18.3. The van der Waals surface area contributed by atoms with Gasteiger partial charge in [0.2, 0.25) is 0 Å². The van der Waals surface area contributed by atoms with E-state index < -0.39 is 0 Å². The van der Waals surface area contributed by atoms with Crippen LogP contribution >= 0.6 is 11.3 Å². The summed E-state index contributed by atoms with van der Waals surface area (Å²) >= 11 is 1.58. The number of aromatic amines is 1. The normalized spacial score (nSPS) is 12.0. The summed E-state index contributed by atoms with van der Waals surface area (Å²) in [5, 5.41) is 4.25. The van der Waals surface area contributed by atoms with Gasteiger partial charge in [-0.1, -0.05) is 6.92 Å². The van der Waals surface area contributed by atoms with Crippen molar-refractivity contribution in [3.8, 4) is 22.0 Å². The quantitative estimate of drug-likeness (QED) is 0.438. The van der Waals surface area contributed by atoms with Gasteiger partial charge in [0.15, 0.2) is 0 Å². The minimum absolute atomic E-state index is 0.00796. The van der Waals surface area contributed by atoms with E-state index in [9.17, 15) is 9.18 Å². The highest BCUT2D eigenvalue weighted by Gasteiger charge is 2.16. The smallest absolute Gasteiger partial charge is 0.251 e. The standard InChI is InChI=1S/C23H22FN5OS/c1-4-18-11-20(30)29-22(28-18)16-7-10-19(25-12-16)26-13(2)21-14(3)27-23(31-21)15-5-8-17(24)9-6-15/h5-13H,4H2,1-3H3,(H,25,26)(H,28,29,30). The third kappa shape index (κ3) is 4.69. The monoisotopic (exact) mass is 435 g/mol. The van der Waals surface area contributed by atoms with E-state index in [0.29, 0.717) is 18.1 Å². The van der Waals surface area contributed by atoms with Crippen LogP contribution in [-0.4, -0.2) is 19.9 Å². The van der Waals surface area contributed by atoms with Gasteiger partial charge < -0.3 is 10.3 Å². The maximum atomic E-state index is 13.2. The minimum atomic E-state index is -0.262. The van der Waals surface area contributed by atoms with Crippen LogP contribution in [0.5, 0.6) is 0 Å². The Labute approximate surface area is 183 Å². The minimum Gasteiger partial charge on any atom is -0.363 e. The predicted octanol–water partition coefficient (Wildman–Crippen LogP) is 5.14. The number of nitrogens with zero attached hydrogens (tertiary/aromatic N) is 3. The van der Waals surface area contributed by atoms with E-state index in [-0.39, 0.29) is 17.4 Å². The van der Waals surface area contributed by atoms with E-state index in [1.165, 1.54) is 18.2 Å². The van der Waals surface area contributed by atoms with E-state index in [4.69, 9.17) is 0 Å². The fourth-order valence-corrected chi connectivity index (χ4v) is 4.33. The van der Waals surface area contributed by atoms with Gasteiger partial charge in [-0.3, -0.25) is 4.79 Å². The van der Waals surface area contributed by atoms with Gasteiger partial charge in [-0.05, 0) is 56.7 Å². The molecular formula is C23H22FN5OS. The molecule has 3 heterocycles. The predicted molar refractivity (Wildman–Crippen MR) is 122 cm³/mol. The molecule has 0 aliphatic heterocycles. The van der Waals surface area contributed by atoms with Crippen molar-refractivity contribution in [3.63, 3.8) is 0 Å². The summed E-state index contributed by atoms with van der Waals surface area (Å²) in [5.74, 6) is 0.961. The largest absolute Gasteiger partial charge is 0.363 e. The van der Waals surface area contributed by atoms with Crippen LogP contribution in [0.15, 0.2) is 53.5 Å². The first-order valence-electron chi connectivity index (χ1n) is 9.99. The van der Waals surface area contributed by atoms with Crippen LogP contribution in [0.3, 0.4) is 0 Å². The fourth-order valence-electron chi connectivity index (χ4n) is 3.26. The van der Waals surface area contributed by atoms with Gasteiger partial charge in [0.1, 0.15) is 22.5 Å². The third-order valence-electron chi connectivity index (χ3n) is 4.88. The summed E-state index contributed by atoms with van der Waals surface area (Å²) in [6, 6.07) is 11.6. The Morgan fingerprint density at radius 3 is 2.55 bits per heavy atom. The first kappa shape index (κ1) is 20.9. The number of anilines is 1. The summed E-state index contributed by atoms with van der Waals surface area (Å²) < 4.78 is 13.2. The van der Waals surface area contributed by atoms with Crippen LogP contribution in [-0.2, 0) is 6.42 Å². The molecule has 0 spiro atoms. The van der Waals surface area contributed by atoms with Crippen molar-refractivity contribution in [1.29, 1.82) is 0 Å². The fraction of sp³-hybridized carbons (Fsp3) is 0.217. The number of H-pyrrole nitrogens is 1. The van der Waals surface area contributed by atoms with E-state index in [1.54, 1.807) is 29.7 Å². The van der Waals surface area contributed by atoms with Crippen molar-refractivity contribution in [1.82, 2.24) is 19.9 Å². The molecule has 0 fully saturated rings. The maximum absolute atomic E-state index is 13.2. The average Bonchev–Trinajstić information content (AvgIpc) is 3.16. The van der Waals surface area contributed by atoms with Gasteiger partial charge in [0.05, 0.1) is 11.7 Å². The molecular weight excluding hydrogens is 413 g/mol. The number of aryl methyl sites for hydroxylation is 2. The zero-order chi connectivity index (χ0) is 22.0. The number of hydrogen-bond acceptors (Lipinski definition) is 6. The SMILES string of the molecule is CCc1cc(=O)[nH]c(-c2ccc(NC(C)c3sc(-c4ccc(F)cc4)nc3C)nc2)n1. The third-order valence-corrected chi connectivity index (χ3v) is 6.26. The van der Waals surface area contributed by atoms with Crippen LogP contribution < -0.4 is 10.9 Å². The topological polar surface area (TPSA) is 83.6 Å². The Morgan fingerprint density at radius 2 is 1.87 bits per heavy atom. The van der Waals surface area contributed by atoms with Gasteiger partial charge in [-0.15, -0.1) is 11.3 Å². The number of nitrogens with one attached hydrogen (secondary N) is 2. The average molecular weight is 436 g/mol. The van der Waals surface area contributed by atoms with Gasteiger partial charge in [0.25, 0.3) is 5.56 Å². The second kappa shape index (κ2) is 8.77. The highest BCUT2D eigenvalue weighted by atomic mass is 32.1. The first-order valence-corrected chi connectivity index (χ1v) is 10.8. The Kier molecular flexibility index (Phi) is 5.90. The highest BCUT2D eigenvalue weighted by molar-refractivity contribution is 7.15. The number of hydrogen-bond donors (Lipinski definition) is 2. The molecule has 0 saturated carbocycles. The van der Waals surface area contributed by atoms with Crippen molar-refractivity contribution in [2.24, 2.45) is 0 Å². The number of halogens is 1. The molecule has 1 atom stereocenters. The second-order valence-corrected chi connectivity index (χ2v) is 8.24. The van der Waals surface area contributed by atoms with Crippen molar-refractivity contribution in [3.05, 3.63) is 81.1 Å². The summed E-state index contributed by atoms with van der Waals surface area (Å²) in [4.78, 5) is 29.2. The molecule has 1 unspecified atom stereocenters. The summed E-state index contributed by atoms with van der Waals surface area (Å²) in [6.45, 7) is 5.98. The molecule has 4 rings (SSSR count). The van der Waals surface area contributed by atoms with Crippen molar-refractivity contribution in [2.45, 2.75) is 33.2 Å². The van der Waals surface area contributed by atoms with Crippen molar-refractivity contribution < 1.29 is 4.39 Å². The van der Waals surface area contributed by atoms with E-state index in [2.05, 4.69) is 25.3 Å².